The smallest absolute Gasteiger partial charge is 0.323 e. The molecule has 0 aromatic heterocycles. The molecule has 0 heterocycles. The van der Waals surface area contributed by atoms with Gasteiger partial charge in [-0.15, -0.1) is 0 Å². The van der Waals surface area contributed by atoms with Crippen LogP contribution in [0.15, 0.2) is 30.3 Å². The van der Waals surface area contributed by atoms with Gasteiger partial charge < -0.3 is 15.5 Å². The number of hydrogen-bond donors (Lipinski definition) is 3. The van der Waals surface area contributed by atoms with Gasteiger partial charge in [0, 0.05) is 6.54 Å². The van der Waals surface area contributed by atoms with Crippen molar-refractivity contribution in [2.45, 2.75) is 12.5 Å². The van der Waals surface area contributed by atoms with Crippen LogP contribution in [0.2, 0.25) is 0 Å². The van der Waals surface area contributed by atoms with Crippen LogP contribution in [0.1, 0.15) is 5.56 Å². The number of hydrogen-bond acceptors (Lipinski definition) is 3. The van der Waals surface area contributed by atoms with Gasteiger partial charge in [0.05, 0.1) is 6.61 Å². The molecule has 3 N–H and O–H groups in total. The Morgan fingerprint density at radius 1 is 1.33 bits per heavy atom. The fraction of sp³-hybridized carbons (Fsp3) is 0.364. The molecule has 4 heteroatoms. The molecule has 0 saturated heterocycles. The van der Waals surface area contributed by atoms with E-state index in [0.29, 0.717) is 6.54 Å². The summed E-state index contributed by atoms with van der Waals surface area (Å²) in [5.74, 6) is -1.02. The third-order valence-corrected chi connectivity index (χ3v) is 2.13. The summed E-state index contributed by atoms with van der Waals surface area (Å²) in [5.41, 5.74) is 1.15. The standard InChI is InChI=1S/C11H15NO3/c13-8-10(11(14)15)12-7-6-9-4-2-1-3-5-9/h1-5,10,12-13H,6-8H2,(H,14,15)/t10-/m1/s1. The van der Waals surface area contributed by atoms with Gasteiger partial charge in [-0.25, -0.2) is 0 Å². The highest BCUT2D eigenvalue weighted by Gasteiger charge is 2.14. The fourth-order valence-electron chi connectivity index (χ4n) is 1.27. The number of carboxylic acids is 1. The minimum absolute atomic E-state index is 0.385. The first-order valence-corrected chi connectivity index (χ1v) is 4.85. The Bertz CT molecular complexity index is 300. The van der Waals surface area contributed by atoms with Gasteiger partial charge in [-0.3, -0.25) is 4.79 Å². The average molecular weight is 209 g/mol. The number of aliphatic hydroxyl groups is 1. The first-order valence-electron chi connectivity index (χ1n) is 4.85. The van der Waals surface area contributed by atoms with Crippen molar-refractivity contribution >= 4 is 5.97 Å². The van der Waals surface area contributed by atoms with E-state index in [2.05, 4.69) is 5.32 Å². The van der Waals surface area contributed by atoms with Crippen LogP contribution in [0.5, 0.6) is 0 Å². The van der Waals surface area contributed by atoms with E-state index >= 15 is 0 Å². The van der Waals surface area contributed by atoms with Gasteiger partial charge in [-0.1, -0.05) is 30.3 Å². The molecule has 82 valence electrons. The second-order valence-corrected chi connectivity index (χ2v) is 3.26. The summed E-state index contributed by atoms with van der Waals surface area (Å²) in [7, 11) is 0. The van der Waals surface area contributed by atoms with Gasteiger partial charge in [0.25, 0.3) is 0 Å². The van der Waals surface area contributed by atoms with Crippen molar-refractivity contribution in [3.05, 3.63) is 35.9 Å². The van der Waals surface area contributed by atoms with Gasteiger partial charge in [0.1, 0.15) is 6.04 Å². The average Bonchev–Trinajstić information content (AvgIpc) is 2.25. The summed E-state index contributed by atoms with van der Waals surface area (Å²) in [6.45, 7) is 0.158. The molecule has 1 rings (SSSR count). The Hall–Kier alpha value is -1.39. The second-order valence-electron chi connectivity index (χ2n) is 3.26. The Kier molecular flexibility index (Phi) is 4.80. The Labute approximate surface area is 88.6 Å². The third-order valence-electron chi connectivity index (χ3n) is 2.13. The van der Waals surface area contributed by atoms with E-state index in [1.54, 1.807) is 0 Å². The molecule has 1 aromatic carbocycles. The molecule has 1 atom stereocenters. The Morgan fingerprint density at radius 3 is 2.53 bits per heavy atom. The largest absolute Gasteiger partial charge is 0.480 e. The van der Waals surface area contributed by atoms with E-state index < -0.39 is 12.0 Å². The lowest BCUT2D eigenvalue weighted by atomic mass is 10.1. The molecule has 0 bridgehead atoms. The maximum Gasteiger partial charge on any atom is 0.323 e. The maximum absolute atomic E-state index is 10.6. The molecule has 0 fully saturated rings. The molecule has 0 radical (unpaired) electrons. The molecule has 0 unspecified atom stereocenters. The lowest BCUT2D eigenvalue weighted by Gasteiger charge is -2.10. The SMILES string of the molecule is O=C(O)[C@@H](CO)NCCc1ccccc1. The Morgan fingerprint density at radius 2 is 2.00 bits per heavy atom. The molecule has 4 nitrogen and oxygen atoms in total. The molecular weight excluding hydrogens is 194 g/mol. The molecule has 0 amide bonds. The highest BCUT2D eigenvalue weighted by molar-refractivity contribution is 5.73. The van der Waals surface area contributed by atoms with Crippen molar-refractivity contribution in [3.8, 4) is 0 Å². The van der Waals surface area contributed by atoms with Crippen molar-refractivity contribution < 1.29 is 15.0 Å². The molecule has 0 aliphatic carbocycles. The highest BCUT2D eigenvalue weighted by atomic mass is 16.4. The van der Waals surface area contributed by atoms with E-state index in [4.69, 9.17) is 10.2 Å². The summed E-state index contributed by atoms with van der Waals surface area (Å²) < 4.78 is 0. The number of rotatable bonds is 6. The van der Waals surface area contributed by atoms with Crippen LogP contribution in [0, 0.1) is 0 Å². The number of benzene rings is 1. The monoisotopic (exact) mass is 209 g/mol. The van der Waals surface area contributed by atoms with Crippen LogP contribution in [0.25, 0.3) is 0 Å². The maximum atomic E-state index is 10.6. The molecule has 1 aromatic rings. The van der Waals surface area contributed by atoms with Crippen LogP contribution in [-0.4, -0.2) is 35.4 Å². The van der Waals surface area contributed by atoms with Crippen molar-refractivity contribution in [1.29, 1.82) is 0 Å². The minimum atomic E-state index is -1.02. The minimum Gasteiger partial charge on any atom is -0.480 e. The number of nitrogens with one attached hydrogen (secondary N) is 1. The molecule has 0 saturated carbocycles. The van der Waals surface area contributed by atoms with E-state index in [1.807, 2.05) is 30.3 Å². The second kappa shape index (κ2) is 6.16. The van der Waals surface area contributed by atoms with Crippen LogP contribution < -0.4 is 5.32 Å². The zero-order valence-electron chi connectivity index (χ0n) is 8.39. The lowest BCUT2D eigenvalue weighted by Crippen LogP contribution is -2.40. The number of aliphatic hydroxyl groups excluding tert-OH is 1. The van der Waals surface area contributed by atoms with Gasteiger partial charge in [0.15, 0.2) is 0 Å². The molecule has 15 heavy (non-hydrogen) atoms. The van der Waals surface area contributed by atoms with Crippen molar-refractivity contribution in [1.82, 2.24) is 5.32 Å². The number of carbonyl (C=O) groups is 1. The normalized spacial score (nSPS) is 12.3. The fourth-order valence-corrected chi connectivity index (χ4v) is 1.27. The van der Waals surface area contributed by atoms with Gasteiger partial charge in [0.2, 0.25) is 0 Å². The van der Waals surface area contributed by atoms with Crippen LogP contribution in [0.3, 0.4) is 0 Å². The predicted octanol–water partition coefficient (Wildman–Crippen LogP) is 0.264. The summed E-state index contributed by atoms with van der Waals surface area (Å²) in [6.07, 6.45) is 0.755. The topological polar surface area (TPSA) is 69.6 Å². The quantitative estimate of drug-likeness (QED) is 0.628. The molecule has 0 aliphatic heterocycles. The summed E-state index contributed by atoms with van der Waals surface area (Å²) in [6, 6.07) is 8.91. The van der Waals surface area contributed by atoms with Crippen molar-refractivity contribution in [2.75, 3.05) is 13.2 Å². The first-order chi connectivity index (χ1) is 7.24. The summed E-state index contributed by atoms with van der Waals surface area (Å²) in [5, 5.41) is 20.2. The summed E-state index contributed by atoms with van der Waals surface area (Å²) in [4.78, 5) is 10.6. The summed E-state index contributed by atoms with van der Waals surface area (Å²) >= 11 is 0. The van der Waals surface area contributed by atoms with E-state index in [0.717, 1.165) is 12.0 Å². The van der Waals surface area contributed by atoms with Gasteiger partial charge >= 0.3 is 5.97 Å². The van der Waals surface area contributed by atoms with Gasteiger partial charge in [-0.2, -0.15) is 0 Å². The number of carboxylic acid groups (broad SMARTS) is 1. The lowest BCUT2D eigenvalue weighted by molar-refractivity contribution is -0.140. The van der Waals surface area contributed by atoms with Crippen molar-refractivity contribution in [2.24, 2.45) is 0 Å². The van der Waals surface area contributed by atoms with E-state index in [1.165, 1.54) is 0 Å². The van der Waals surface area contributed by atoms with E-state index in [9.17, 15) is 4.79 Å². The zero-order valence-corrected chi connectivity index (χ0v) is 8.39. The van der Waals surface area contributed by atoms with Crippen molar-refractivity contribution in [3.63, 3.8) is 0 Å². The Balaban J connectivity index is 2.30. The predicted molar refractivity (Wildman–Crippen MR) is 56.7 cm³/mol. The first kappa shape index (κ1) is 11.7. The van der Waals surface area contributed by atoms with Crippen LogP contribution in [0.4, 0.5) is 0 Å². The zero-order chi connectivity index (χ0) is 11.1. The van der Waals surface area contributed by atoms with Crippen LogP contribution >= 0.6 is 0 Å². The van der Waals surface area contributed by atoms with E-state index in [-0.39, 0.29) is 6.61 Å². The van der Waals surface area contributed by atoms with Gasteiger partial charge in [-0.05, 0) is 12.0 Å². The number of aliphatic carboxylic acids is 1. The van der Waals surface area contributed by atoms with Crippen LogP contribution in [-0.2, 0) is 11.2 Å². The molecule has 0 aliphatic rings. The highest BCUT2D eigenvalue weighted by Crippen LogP contribution is 1.98. The molecular formula is C11H15NO3. The molecule has 0 spiro atoms. The third kappa shape index (κ3) is 4.10.